The smallest absolute Gasteiger partial charge is 0.449 e. The lowest BCUT2D eigenvalue weighted by Gasteiger charge is -1.92. The Labute approximate surface area is 56.3 Å². The molecule has 1 rings (SSSR count). The SMILES string of the molecule is O=C(O)OSCC1CO1. The van der Waals surface area contributed by atoms with E-state index in [0.717, 1.165) is 18.6 Å². The maximum Gasteiger partial charge on any atom is 0.518 e. The van der Waals surface area contributed by atoms with Gasteiger partial charge in [0, 0.05) is 0 Å². The first-order chi connectivity index (χ1) is 4.29. The highest BCUT2D eigenvalue weighted by molar-refractivity contribution is 7.95. The third-order valence-electron chi connectivity index (χ3n) is 0.787. The number of hydrogen-bond donors (Lipinski definition) is 1. The van der Waals surface area contributed by atoms with E-state index in [1.807, 2.05) is 0 Å². The molecule has 0 spiro atoms. The van der Waals surface area contributed by atoms with Crippen molar-refractivity contribution in [2.75, 3.05) is 12.4 Å². The highest BCUT2D eigenvalue weighted by Gasteiger charge is 2.23. The van der Waals surface area contributed by atoms with Gasteiger partial charge in [0.2, 0.25) is 0 Å². The Morgan fingerprint density at radius 2 is 2.67 bits per heavy atom. The van der Waals surface area contributed by atoms with Crippen LogP contribution < -0.4 is 0 Å². The van der Waals surface area contributed by atoms with E-state index >= 15 is 0 Å². The lowest BCUT2D eigenvalue weighted by Crippen LogP contribution is -1.96. The first-order valence-corrected chi connectivity index (χ1v) is 3.34. The summed E-state index contributed by atoms with van der Waals surface area (Å²) in [6.07, 6.45) is -1.03. The highest BCUT2D eigenvalue weighted by Crippen LogP contribution is 2.16. The molecule has 1 atom stereocenters. The lowest BCUT2D eigenvalue weighted by molar-refractivity contribution is 0.153. The zero-order valence-electron chi connectivity index (χ0n) is 4.57. The Morgan fingerprint density at radius 1 is 2.00 bits per heavy atom. The number of rotatable bonds is 3. The van der Waals surface area contributed by atoms with Crippen LogP contribution in [0.3, 0.4) is 0 Å². The van der Waals surface area contributed by atoms with Gasteiger partial charge in [0.05, 0.1) is 30.5 Å². The lowest BCUT2D eigenvalue weighted by atomic mass is 10.6. The van der Waals surface area contributed by atoms with Crippen LogP contribution in [0, 0.1) is 0 Å². The molecule has 1 N–H and O–H groups in total. The molecule has 0 aromatic carbocycles. The van der Waals surface area contributed by atoms with Crippen molar-refractivity contribution in [3.05, 3.63) is 0 Å². The number of ether oxygens (including phenoxy) is 1. The van der Waals surface area contributed by atoms with Crippen LogP contribution in [-0.4, -0.2) is 29.7 Å². The summed E-state index contributed by atoms with van der Waals surface area (Å²) in [6.45, 7) is 0.732. The van der Waals surface area contributed by atoms with Gasteiger partial charge in [0.1, 0.15) is 0 Å². The molecule has 0 aromatic rings. The molecule has 1 aliphatic rings. The van der Waals surface area contributed by atoms with Gasteiger partial charge in [-0.1, -0.05) is 0 Å². The molecule has 0 bridgehead atoms. The molecule has 52 valence electrons. The topological polar surface area (TPSA) is 59.1 Å². The molecule has 0 aliphatic carbocycles. The number of hydrogen-bond acceptors (Lipinski definition) is 4. The molecule has 9 heavy (non-hydrogen) atoms. The molecule has 1 heterocycles. The quantitative estimate of drug-likeness (QED) is 0.474. The van der Waals surface area contributed by atoms with Crippen LogP contribution >= 0.6 is 12.0 Å². The fraction of sp³-hybridized carbons (Fsp3) is 0.750. The van der Waals surface area contributed by atoms with E-state index in [-0.39, 0.29) is 6.10 Å². The number of carbonyl (C=O) groups is 1. The molecule has 4 nitrogen and oxygen atoms in total. The molecule has 5 heteroatoms. The van der Waals surface area contributed by atoms with Crippen LogP contribution in [0.1, 0.15) is 0 Å². The molecule has 1 fully saturated rings. The summed E-state index contributed by atoms with van der Waals surface area (Å²) < 4.78 is 8.94. The minimum atomic E-state index is -1.25. The summed E-state index contributed by atoms with van der Waals surface area (Å²) in [6, 6.07) is 0. The van der Waals surface area contributed by atoms with Gasteiger partial charge in [0.25, 0.3) is 0 Å². The van der Waals surface area contributed by atoms with Gasteiger partial charge in [0.15, 0.2) is 0 Å². The predicted molar refractivity (Wildman–Crippen MR) is 31.3 cm³/mol. The van der Waals surface area contributed by atoms with Gasteiger partial charge in [-0.25, -0.2) is 4.79 Å². The zero-order valence-corrected chi connectivity index (χ0v) is 5.39. The first kappa shape index (κ1) is 6.70. The van der Waals surface area contributed by atoms with Crippen molar-refractivity contribution in [3.63, 3.8) is 0 Å². The van der Waals surface area contributed by atoms with Gasteiger partial charge in [-0.3, -0.25) is 0 Å². The van der Waals surface area contributed by atoms with E-state index in [1.54, 1.807) is 0 Å². The molecular formula is C4H6O4S. The molecule has 1 unspecified atom stereocenters. The number of carboxylic acid groups (broad SMARTS) is 1. The second-order valence-electron chi connectivity index (χ2n) is 1.59. The van der Waals surface area contributed by atoms with Crippen molar-refractivity contribution in [1.29, 1.82) is 0 Å². The maximum absolute atomic E-state index is 9.72. The Bertz CT molecular complexity index is 111. The van der Waals surface area contributed by atoms with Crippen molar-refractivity contribution < 1.29 is 18.8 Å². The first-order valence-electron chi connectivity index (χ1n) is 2.43. The monoisotopic (exact) mass is 150 g/mol. The van der Waals surface area contributed by atoms with Gasteiger partial charge in [-0.15, -0.1) is 0 Å². The summed E-state index contributed by atoms with van der Waals surface area (Å²) >= 11 is 0.907. The van der Waals surface area contributed by atoms with Gasteiger partial charge in [-0.05, 0) is 0 Å². The maximum atomic E-state index is 9.72. The molecule has 0 saturated carbocycles. The Balaban J connectivity index is 1.86. The van der Waals surface area contributed by atoms with Crippen LogP contribution in [-0.2, 0) is 8.92 Å². The van der Waals surface area contributed by atoms with Gasteiger partial charge < -0.3 is 14.0 Å². The second kappa shape index (κ2) is 2.93. The number of epoxide rings is 1. The van der Waals surface area contributed by atoms with Crippen molar-refractivity contribution in [2.24, 2.45) is 0 Å². The van der Waals surface area contributed by atoms with E-state index in [2.05, 4.69) is 4.18 Å². The molecule has 0 aromatic heterocycles. The fourth-order valence-corrected chi connectivity index (χ4v) is 0.838. The standard InChI is InChI=1S/C4H6O4S/c5-4(6)8-9-2-3-1-7-3/h3H,1-2H2,(H,5,6). The molecule has 1 saturated heterocycles. The van der Waals surface area contributed by atoms with Crippen LogP contribution in [0.4, 0.5) is 4.79 Å². The summed E-state index contributed by atoms with van der Waals surface area (Å²) in [7, 11) is 0. The van der Waals surface area contributed by atoms with E-state index < -0.39 is 6.16 Å². The summed E-state index contributed by atoms with van der Waals surface area (Å²) in [4.78, 5) is 9.72. The van der Waals surface area contributed by atoms with Crippen LogP contribution in [0.2, 0.25) is 0 Å². The van der Waals surface area contributed by atoms with Crippen molar-refractivity contribution in [2.45, 2.75) is 6.10 Å². The van der Waals surface area contributed by atoms with E-state index in [1.165, 1.54) is 0 Å². The molecular weight excluding hydrogens is 144 g/mol. The van der Waals surface area contributed by atoms with E-state index in [9.17, 15) is 4.79 Å². The fourth-order valence-electron chi connectivity index (χ4n) is 0.325. The molecule has 0 radical (unpaired) electrons. The third kappa shape index (κ3) is 3.21. The average Bonchev–Trinajstić information content (AvgIpc) is 2.48. The summed E-state index contributed by atoms with van der Waals surface area (Å²) in [5, 5.41) is 7.96. The molecule has 1 aliphatic heterocycles. The third-order valence-corrected chi connectivity index (χ3v) is 1.55. The summed E-state index contributed by atoms with van der Waals surface area (Å²) in [5.74, 6) is 0.603. The summed E-state index contributed by atoms with van der Waals surface area (Å²) in [5.41, 5.74) is 0. The van der Waals surface area contributed by atoms with Crippen LogP contribution in [0.15, 0.2) is 0 Å². The van der Waals surface area contributed by atoms with Crippen molar-refractivity contribution in [1.82, 2.24) is 0 Å². The predicted octanol–water partition coefficient (Wildman–Crippen LogP) is 0.728. The van der Waals surface area contributed by atoms with E-state index in [4.69, 9.17) is 9.84 Å². The Hall–Kier alpha value is -0.420. The average molecular weight is 150 g/mol. The normalized spacial score (nSPS) is 23.3. The second-order valence-corrected chi connectivity index (χ2v) is 2.32. The van der Waals surface area contributed by atoms with Crippen LogP contribution in [0.5, 0.6) is 0 Å². The Morgan fingerprint density at radius 3 is 3.11 bits per heavy atom. The van der Waals surface area contributed by atoms with Crippen molar-refractivity contribution >= 4 is 18.2 Å². The van der Waals surface area contributed by atoms with Crippen LogP contribution in [0.25, 0.3) is 0 Å². The molecule has 0 amide bonds. The van der Waals surface area contributed by atoms with E-state index in [0.29, 0.717) is 5.75 Å². The highest BCUT2D eigenvalue weighted by atomic mass is 32.2. The Kier molecular flexibility index (Phi) is 2.18. The minimum absolute atomic E-state index is 0.217. The van der Waals surface area contributed by atoms with Gasteiger partial charge in [-0.2, -0.15) is 0 Å². The minimum Gasteiger partial charge on any atom is -0.449 e. The zero-order chi connectivity index (χ0) is 6.69. The van der Waals surface area contributed by atoms with Crippen molar-refractivity contribution in [3.8, 4) is 0 Å². The van der Waals surface area contributed by atoms with Gasteiger partial charge >= 0.3 is 6.16 Å². The largest absolute Gasteiger partial charge is 0.518 e.